The van der Waals surface area contributed by atoms with Gasteiger partial charge in [0, 0.05) is 13.0 Å². The van der Waals surface area contributed by atoms with Gasteiger partial charge in [0.05, 0.1) is 5.75 Å². The predicted molar refractivity (Wildman–Crippen MR) is 43.5 cm³/mol. The van der Waals surface area contributed by atoms with Crippen LogP contribution in [0.25, 0.3) is 0 Å². The van der Waals surface area contributed by atoms with Gasteiger partial charge in [-0.1, -0.05) is 0 Å². The van der Waals surface area contributed by atoms with Gasteiger partial charge in [0.25, 0.3) is 0 Å². The summed E-state index contributed by atoms with van der Waals surface area (Å²) in [5.74, 6) is -0.154. The second-order valence-corrected chi connectivity index (χ2v) is 5.24. The summed E-state index contributed by atoms with van der Waals surface area (Å²) in [6, 6.07) is 0. The molecule has 1 unspecified atom stereocenters. The molecule has 1 aliphatic rings. The van der Waals surface area contributed by atoms with Crippen LogP contribution in [0.15, 0.2) is 0 Å². The minimum absolute atomic E-state index is 0.0567. The third-order valence-corrected chi connectivity index (χ3v) is 4.26. The maximum Gasteiger partial charge on any atom is 0.160 e. The highest BCUT2D eigenvalue weighted by molar-refractivity contribution is 7.92. The number of rotatable bonds is 2. The number of hydrogen-bond donors (Lipinski definition) is 1. The lowest BCUT2D eigenvalue weighted by molar-refractivity contribution is -0.119. The molecule has 0 bridgehead atoms. The first kappa shape index (κ1) is 9.67. The summed E-state index contributed by atoms with van der Waals surface area (Å²) < 4.78 is 22.5. The van der Waals surface area contributed by atoms with Crippen molar-refractivity contribution in [3.63, 3.8) is 0 Å². The van der Waals surface area contributed by atoms with Crippen molar-refractivity contribution in [2.45, 2.75) is 24.5 Å². The highest BCUT2D eigenvalue weighted by Crippen LogP contribution is 2.18. The van der Waals surface area contributed by atoms with Gasteiger partial charge in [-0.15, -0.1) is 0 Å². The Hall–Kier alpha value is -0.420. The maximum absolute atomic E-state index is 11.3. The van der Waals surface area contributed by atoms with E-state index in [4.69, 9.17) is 5.11 Å². The van der Waals surface area contributed by atoms with Crippen LogP contribution in [0.5, 0.6) is 0 Å². The van der Waals surface area contributed by atoms with Gasteiger partial charge in [-0.2, -0.15) is 0 Å². The van der Waals surface area contributed by atoms with Crippen LogP contribution in [-0.4, -0.2) is 36.9 Å². The van der Waals surface area contributed by atoms with Crippen molar-refractivity contribution < 1.29 is 18.3 Å². The smallest absolute Gasteiger partial charge is 0.160 e. The molecule has 1 fully saturated rings. The van der Waals surface area contributed by atoms with Crippen LogP contribution in [0.4, 0.5) is 0 Å². The average Bonchev–Trinajstić information content (AvgIpc) is 1.97. The number of aliphatic hydroxyl groups is 1. The molecule has 0 aromatic heterocycles. The van der Waals surface area contributed by atoms with E-state index in [0.29, 0.717) is 12.8 Å². The zero-order chi connectivity index (χ0) is 9.19. The standard InChI is InChI=1S/C7H12O4S/c8-4-3-7-6(9)2-1-5-12(7,10)11/h7-8H,1-5H2. The second-order valence-electron chi connectivity index (χ2n) is 2.94. The first-order valence-electron chi connectivity index (χ1n) is 3.93. The Labute approximate surface area is 71.5 Å². The zero-order valence-corrected chi connectivity index (χ0v) is 7.51. The first-order chi connectivity index (χ1) is 5.58. The number of carbonyl (C=O) groups excluding carboxylic acids is 1. The molecule has 0 amide bonds. The summed E-state index contributed by atoms with van der Waals surface area (Å²) in [5.41, 5.74) is 0. The molecule has 1 saturated heterocycles. The Morgan fingerprint density at radius 3 is 2.67 bits per heavy atom. The van der Waals surface area contributed by atoms with E-state index in [1.807, 2.05) is 0 Å². The normalized spacial score (nSPS) is 28.8. The highest BCUT2D eigenvalue weighted by atomic mass is 32.2. The van der Waals surface area contributed by atoms with Crippen molar-refractivity contribution in [2.75, 3.05) is 12.4 Å². The molecular formula is C7H12O4S. The molecule has 4 nitrogen and oxygen atoms in total. The quantitative estimate of drug-likeness (QED) is 0.641. The Bertz CT molecular complexity index is 267. The molecule has 1 atom stereocenters. The van der Waals surface area contributed by atoms with Gasteiger partial charge < -0.3 is 5.11 Å². The van der Waals surface area contributed by atoms with E-state index in [1.165, 1.54) is 0 Å². The molecule has 1 aliphatic heterocycles. The number of ketones is 1. The van der Waals surface area contributed by atoms with Crippen LogP contribution in [0.1, 0.15) is 19.3 Å². The van der Waals surface area contributed by atoms with E-state index < -0.39 is 15.1 Å². The van der Waals surface area contributed by atoms with Gasteiger partial charge in [-0.3, -0.25) is 4.79 Å². The fourth-order valence-electron chi connectivity index (χ4n) is 1.41. The monoisotopic (exact) mass is 192 g/mol. The van der Waals surface area contributed by atoms with Crippen molar-refractivity contribution in [1.29, 1.82) is 0 Å². The van der Waals surface area contributed by atoms with Gasteiger partial charge in [0.1, 0.15) is 5.25 Å². The van der Waals surface area contributed by atoms with Crippen LogP contribution >= 0.6 is 0 Å². The Morgan fingerprint density at radius 2 is 2.17 bits per heavy atom. The van der Waals surface area contributed by atoms with E-state index in [-0.39, 0.29) is 24.6 Å². The van der Waals surface area contributed by atoms with Gasteiger partial charge >= 0.3 is 0 Å². The second kappa shape index (κ2) is 3.53. The van der Waals surface area contributed by atoms with E-state index in [1.54, 1.807) is 0 Å². The number of sulfone groups is 1. The summed E-state index contributed by atoms with van der Waals surface area (Å²) in [5, 5.41) is 7.62. The lowest BCUT2D eigenvalue weighted by Gasteiger charge is -2.19. The lowest BCUT2D eigenvalue weighted by atomic mass is 10.1. The largest absolute Gasteiger partial charge is 0.396 e. The van der Waals surface area contributed by atoms with Crippen LogP contribution < -0.4 is 0 Å². The SMILES string of the molecule is O=C1CCCS(=O)(=O)C1CCO. The molecule has 0 radical (unpaired) electrons. The van der Waals surface area contributed by atoms with Crippen LogP contribution in [0, 0.1) is 0 Å². The van der Waals surface area contributed by atoms with Gasteiger partial charge in [0.15, 0.2) is 15.6 Å². The van der Waals surface area contributed by atoms with Crippen molar-refractivity contribution in [3.05, 3.63) is 0 Å². The molecule has 0 aromatic rings. The molecule has 1 rings (SSSR count). The lowest BCUT2D eigenvalue weighted by Crippen LogP contribution is -2.37. The molecule has 70 valence electrons. The highest BCUT2D eigenvalue weighted by Gasteiger charge is 2.34. The molecule has 0 aromatic carbocycles. The van der Waals surface area contributed by atoms with Gasteiger partial charge in [0.2, 0.25) is 0 Å². The third-order valence-electron chi connectivity index (χ3n) is 2.04. The van der Waals surface area contributed by atoms with Crippen molar-refractivity contribution >= 4 is 15.6 Å². The van der Waals surface area contributed by atoms with Gasteiger partial charge in [-0.25, -0.2) is 8.42 Å². The van der Waals surface area contributed by atoms with Crippen LogP contribution in [0.2, 0.25) is 0 Å². The molecule has 1 N–H and O–H groups in total. The van der Waals surface area contributed by atoms with E-state index in [2.05, 4.69) is 0 Å². The molecule has 1 heterocycles. The number of carbonyl (C=O) groups is 1. The minimum atomic E-state index is -3.24. The van der Waals surface area contributed by atoms with Crippen molar-refractivity contribution in [1.82, 2.24) is 0 Å². The summed E-state index contributed by atoms with van der Waals surface area (Å²) in [6.45, 7) is -0.240. The Kier molecular flexibility index (Phi) is 2.85. The Balaban J connectivity index is 2.81. The Morgan fingerprint density at radius 1 is 1.50 bits per heavy atom. The molecule has 0 saturated carbocycles. The number of Topliss-reactive ketones (excluding diaryl/α,β-unsaturated/α-hetero) is 1. The maximum atomic E-state index is 11.3. The minimum Gasteiger partial charge on any atom is -0.396 e. The van der Waals surface area contributed by atoms with Crippen molar-refractivity contribution in [3.8, 4) is 0 Å². The number of aliphatic hydroxyl groups excluding tert-OH is 1. The third kappa shape index (κ3) is 1.84. The van der Waals surface area contributed by atoms with E-state index >= 15 is 0 Å². The summed E-state index contributed by atoms with van der Waals surface area (Å²) >= 11 is 0. The molecule has 0 aliphatic carbocycles. The van der Waals surface area contributed by atoms with Crippen molar-refractivity contribution in [2.24, 2.45) is 0 Å². The summed E-state index contributed by atoms with van der Waals surface area (Å²) in [4.78, 5) is 11.1. The summed E-state index contributed by atoms with van der Waals surface area (Å²) in [7, 11) is -3.24. The zero-order valence-electron chi connectivity index (χ0n) is 6.69. The number of hydrogen-bond acceptors (Lipinski definition) is 4. The van der Waals surface area contributed by atoms with Crippen LogP contribution in [-0.2, 0) is 14.6 Å². The topological polar surface area (TPSA) is 71.4 Å². The first-order valence-corrected chi connectivity index (χ1v) is 5.64. The predicted octanol–water partition coefficient (Wildman–Crippen LogP) is -0.485. The fourth-order valence-corrected chi connectivity index (χ4v) is 3.22. The van der Waals surface area contributed by atoms with E-state index in [9.17, 15) is 13.2 Å². The molecule has 12 heavy (non-hydrogen) atoms. The van der Waals surface area contributed by atoms with Crippen LogP contribution in [0.3, 0.4) is 0 Å². The molecule has 5 heteroatoms. The summed E-state index contributed by atoms with van der Waals surface area (Å²) in [6.07, 6.45) is 0.828. The van der Waals surface area contributed by atoms with Gasteiger partial charge in [-0.05, 0) is 12.8 Å². The molecular weight excluding hydrogens is 180 g/mol. The van der Waals surface area contributed by atoms with E-state index in [0.717, 1.165) is 0 Å². The fraction of sp³-hybridized carbons (Fsp3) is 0.857. The average molecular weight is 192 g/mol. The molecule has 0 spiro atoms.